The van der Waals surface area contributed by atoms with Crippen molar-refractivity contribution in [2.75, 3.05) is 36.4 Å². The van der Waals surface area contributed by atoms with E-state index in [1.165, 1.54) is 0 Å². The Morgan fingerprint density at radius 1 is 1.00 bits per heavy atom. The predicted octanol–water partition coefficient (Wildman–Crippen LogP) is 7.33. The summed E-state index contributed by atoms with van der Waals surface area (Å²) in [7, 11) is -0.680. The third kappa shape index (κ3) is 8.15. The van der Waals surface area contributed by atoms with Gasteiger partial charge >= 0.3 is 6.09 Å². The van der Waals surface area contributed by atoms with E-state index in [-0.39, 0.29) is 30.5 Å². The number of hydrogen-bond acceptors (Lipinski definition) is 6. The summed E-state index contributed by atoms with van der Waals surface area (Å²) in [6.45, 7) is 6.41. The van der Waals surface area contributed by atoms with Gasteiger partial charge in [0.1, 0.15) is 23.7 Å². The van der Waals surface area contributed by atoms with E-state index in [4.69, 9.17) is 13.9 Å². The Balaban J connectivity index is 1.37. The molecule has 2 aromatic heterocycles. The topological polar surface area (TPSA) is 94.7 Å². The number of fused-ring (bicyclic) bond motifs is 2. The Labute approximate surface area is 255 Å². The molecule has 0 aliphatic heterocycles. The van der Waals surface area contributed by atoms with E-state index in [2.05, 4.69) is 35.5 Å². The molecule has 2 N–H and O–H groups in total. The summed E-state index contributed by atoms with van der Waals surface area (Å²) < 4.78 is 19.3. The van der Waals surface area contributed by atoms with Crippen LogP contribution in [0.1, 0.15) is 46.5 Å². The van der Waals surface area contributed by atoms with Gasteiger partial charge in [-0.05, 0) is 95.6 Å². The maximum Gasteiger partial charge on any atom is 0.407 e. The molecule has 1 amide bonds. The van der Waals surface area contributed by atoms with Crippen LogP contribution < -0.4 is 16.2 Å². The number of para-hydroxylation sites is 1. The van der Waals surface area contributed by atoms with E-state index >= 15 is 0 Å². The summed E-state index contributed by atoms with van der Waals surface area (Å²) in [6.07, 6.45) is 11.9. The van der Waals surface area contributed by atoms with Crippen molar-refractivity contribution in [3.63, 3.8) is 0 Å². The Bertz CT molecular complexity index is 1610. The number of anilines is 1. The van der Waals surface area contributed by atoms with Gasteiger partial charge in [0.2, 0.25) is 0 Å². The van der Waals surface area contributed by atoms with Crippen LogP contribution in [0.2, 0.25) is 0 Å². The number of benzene rings is 2. The van der Waals surface area contributed by atoms with Crippen LogP contribution in [0.3, 0.4) is 0 Å². The van der Waals surface area contributed by atoms with Gasteiger partial charge in [-0.1, -0.05) is 18.2 Å². The third-order valence-electron chi connectivity index (χ3n) is 7.67. The Morgan fingerprint density at radius 2 is 1.72 bits per heavy atom. The van der Waals surface area contributed by atoms with Gasteiger partial charge in [-0.2, -0.15) is 0 Å². The average Bonchev–Trinajstić information content (AvgIpc) is 3.36. The highest BCUT2D eigenvalue weighted by molar-refractivity contribution is 8.32. The van der Waals surface area contributed by atoms with Crippen molar-refractivity contribution in [1.82, 2.24) is 9.88 Å². The molecule has 0 saturated heterocycles. The number of nitrogens with zero attached hydrogens (tertiary/aromatic N) is 1. The molecule has 0 unspecified atom stereocenters. The molecule has 2 aromatic carbocycles. The zero-order chi connectivity index (χ0) is 30.8. The smallest absolute Gasteiger partial charge is 0.407 e. The number of carbonyl (C=O) groups is 1. The lowest BCUT2D eigenvalue weighted by Gasteiger charge is -2.31. The van der Waals surface area contributed by atoms with Crippen LogP contribution in [-0.4, -0.2) is 59.5 Å². The van der Waals surface area contributed by atoms with Crippen LogP contribution in [-0.2, 0) is 16.2 Å². The second-order valence-corrected chi connectivity index (χ2v) is 18.0. The third-order valence-corrected chi connectivity index (χ3v) is 9.06. The van der Waals surface area contributed by atoms with Crippen LogP contribution in [0.5, 0.6) is 0 Å². The van der Waals surface area contributed by atoms with E-state index < -0.39 is 15.6 Å². The van der Waals surface area contributed by atoms with Gasteiger partial charge in [0, 0.05) is 51.4 Å². The number of furan rings is 1. The minimum absolute atomic E-state index is 0.0850. The first-order chi connectivity index (χ1) is 20.3. The van der Waals surface area contributed by atoms with Crippen LogP contribution >= 0.6 is 10.0 Å². The number of aromatic nitrogens is 1. The molecule has 1 aliphatic carbocycles. The fourth-order valence-electron chi connectivity index (χ4n) is 5.45. The van der Waals surface area contributed by atoms with Crippen LogP contribution in [0.15, 0.2) is 63.9 Å². The molecule has 1 fully saturated rings. The quantitative estimate of drug-likeness (QED) is 0.194. The van der Waals surface area contributed by atoms with Gasteiger partial charge in [-0.25, -0.2) is 14.8 Å². The van der Waals surface area contributed by atoms with E-state index in [9.17, 15) is 9.59 Å². The van der Waals surface area contributed by atoms with Crippen molar-refractivity contribution in [2.24, 2.45) is 0 Å². The van der Waals surface area contributed by atoms with Crippen molar-refractivity contribution < 1.29 is 18.7 Å². The molecule has 0 atom stereocenters. The molecular weight excluding hydrogens is 562 g/mol. The molecule has 2 heterocycles. The predicted molar refractivity (Wildman–Crippen MR) is 179 cm³/mol. The molecule has 0 bridgehead atoms. The van der Waals surface area contributed by atoms with Crippen molar-refractivity contribution in [2.45, 2.75) is 70.9 Å². The first kappa shape index (κ1) is 31.0. The number of nitrogens with one attached hydrogen (secondary N) is 2. The Hall–Kier alpha value is -3.43. The number of amides is 1. The van der Waals surface area contributed by atoms with E-state index in [0.29, 0.717) is 17.8 Å². The molecule has 43 heavy (non-hydrogen) atoms. The summed E-state index contributed by atoms with van der Waals surface area (Å²) >= 11 is 0. The van der Waals surface area contributed by atoms with Crippen LogP contribution in [0.4, 0.5) is 10.5 Å². The molecule has 5 rings (SSSR count). The van der Waals surface area contributed by atoms with Gasteiger partial charge in [0.25, 0.3) is 5.56 Å². The fraction of sp³-hybridized carbons (Fsp3) is 0.471. The van der Waals surface area contributed by atoms with E-state index in [0.717, 1.165) is 59.0 Å². The lowest BCUT2D eigenvalue weighted by atomic mass is 9.91. The zero-order valence-electron chi connectivity index (χ0n) is 26.2. The fourth-order valence-corrected chi connectivity index (χ4v) is 6.07. The summed E-state index contributed by atoms with van der Waals surface area (Å²) in [6, 6.07) is 16.3. The highest BCUT2D eigenvalue weighted by Crippen LogP contribution is 2.35. The molecule has 1 saturated carbocycles. The number of alkyl carbamates (subject to hydrolysis) is 1. The molecule has 4 aromatic rings. The monoisotopic (exact) mass is 607 g/mol. The minimum atomic E-state index is -0.680. The van der Waals surface area contributed by atoms with E-state index in [1.807, 2.05) is 69.4 Å². The Kier molecular flexibility index (Phi) is 9.13. The van der Waals surface area contributed by atoms with Gasteiger partial charge in [0.15, 0.2) is 0 Å². The average molecular weight is 608 g/mol. The SMILES string of the molecule is CC(C)(C)OC(=O)N[C@H]1CC[C@H](Nc2ccc3c(=O)n(COCCS(C)(C)C)cc(-c4cc5ccccc5o4)c3c2)CC1. The standard InChI is InChI=1S/C34H45N3O5S/c1-34(2,3)42-33(39)36-25-13-11-24(12-14-25)35-26-15-16-27-28(20-26)29(31-19-23-9-7-8-10-30(23)41-31)21-37(32(27)38)22-40-17-18-43(4,5)6/h7-10,15-16,19-21,24-25,35H,11-14,17-18,22H2,1-6H3,(H,36,39)/t24-,25-. The molecule has 8 nitrogen and oxygen atoms in total. The summed E-state index contributed by atoms with van der Waals surface area (Å²) in [4.78, 5) is 25.8. The minimum Gasteiger partial charge on any atom is -0.456 e. The summed E-state index contributed by atoms with van der Waals surface area (Å²) in [5.41, 5.74) is 2.01. The molecule has 232 valence electrons. The molecule has 1 aliphatic rings. The number of ether oxygens (including phenoxy) is 2. The second kappa shape index (κ2) is 12.7. The van der Waals surface area contributed by atoms with Crippen LogP contribution in [0.25, 0.3) is 33.1 Å². The second-order valence-electron chi connectivity index (χ2n) is 13.4. The lowest BCUT2D eigenvalue weighted by Crippen LogP contribution is -2.42. The number of pyridine rings is 1. The maximum atomic E-state index is 13.6. The maximum absolute atomic E-state index is 13.6. The molecular formula is C34H45N3O5S. The highest BCUT2D eigenvalue weighted by Gasteiger charge is 2.25. The highest BCUT2D eigenvalue weighted by atomic mass is 32.3. The number of carbonyl (C=O) groups excluding carboxylic acids is 1. The number of rotatable bonds is 9. The first-order valence-corrected chi connectivity index (χ1v) is 18.0. The van der Waals surface area contributed by atoms with Crippen molar-refractivity contribution >= 4 is 43.6 Å². The summed E-state index contributed by atoms with van der Waals surface area (Å²) in [5, 5.41) is 9.16. The zero-order valence-corrected chi connectivity index (χ0v) is 27.0. The van der Waals surface area contributed by atoms with Crippen molar-refractivity contribution in [3.8, 4) is 11.3 Å². The van der Waals surface area contributed by atoms with Crippen molar-refractivity contribution in [1.29, 1.82) is 0 Å². The number of hydrogen-bond donors (Lipinski definition) is 2. The molecule has 9 heteroatoms. The normalized spacial score (nSPS) is 18.1. The van der Waals surface area contributed by atoms with Gasteiger partial charge < -0.3 is 24.5 Å². The van der Waals surface area contributed by atoms with E-state index in [1.54, 1.807) is 4.57 Å². The van der Waals surface area contributed by atoms with Crippen LogP contribution in [0, 0.1) is 0 Å². The first-order valence-electron chi connectivity index (χ1n) is 15.0. The van der Waals surface area contributed by atoms with Gasteiger partial charge in [0.05, 0.1) is 6.61 Å². The molecule has 0 radical (unpaired) electrons. The van der Waals surface area contributed by atoms with Crippen molar-refractivity contribution in [3.05, 3.63) is 65.1 Å². The van der Waals surface area contributed by atoms with Gasteiger partial charge in [-0.15, -0.1) is 0 Å². The molecule has 0 spiro atoms. The summed E-state index contributed by atoms with van der Waals surface area (Å²) in [5.74, 6) is 1.70. The largest absolute Gasteiger partial charge is 0.456 e. The Morgan fingerprint density at radius 3 is 2.42 bits per heavy atom. The lowest BCUT2D eigenvalue weighted by molar-refractivity contribution is 0.0492. The van der Waals surface area contributed by atoms with Gasteiger partial charge in [-0.3, -0.25) is 9.36 Å².